The molecule has 0 amide bonds. The lowest BCUT2D eigenvalue weighted by Gasteiger charge is -2.39. The van der Waals surface area contributed by atoms with Crippen LogP contribution in [0.4, 0.5) is 0 Å². The standard InChI is InChI=1S/C20H16N2O3S/c1-20-12-15(14-8-2-3-9-16(14)25-20)22-18(23)17(26-19(22)21-20)10-4-6-13-7-5-11-24-13/h2-11,15H,12H2,1H3/b6-4+,17-10-/t15-,20+/m0/s1. The summed E-state index contributed by atoms with van der Waals surface area (Å²) < 4.78 is 13.8. The molecular weight excluding hydrogens is 348 g/mol. The smallest absolute Gasteiger partial charge is 0.270 e. The molecule has 0 fully saturated rings. The van der Waals surface area contributed by atoms with E-state index in [0.29, 0.717) is 15.8 Å². The summed E-state index contributed by atoms with van der Waals surface area (Å²) in [7, 11) is 0. The summed E-state index contributed by atoms with van der Waals surface area (Å²) in [6, 6.07) is 11.5. The van der Waals surface area contributed by atoms with E-state index in [9.17, 15) is 4.79 Å². The number of hydrogen-bond acceptors (Lipinski definition) is 5. The van der Waals surface area contributed by atoms with Gasteiger partial charge in [0.15, 0.2) is 4.80 Å². The Bertz CT molecular complexity index is 1190. The Balaban J connectivity index is 1.66. The molecule has 26 heavy (non-hydrogen) atoms. The zero-order valence-corrected chi connectivity index (χ0v) is 14.9. The lowest BCUT2D eigenvalue weighted by Crippen LogP contribution is -2.49. The fourth-order valence-electron chi connectivity index (χ4n) is 3.57. The zero-order valence-electron chi connectivity index (χ0n) is 14.1. The molecule has 0 saturated carbocycles. The summed E-state index contributed by atoms with van der Waals surface area (Å²) in [4.78, 5) is 18.4. The zero-order chi connectivity index (χ0) is 17.7. The molecule has 2 aliphatic rings. The highest BCUT2D eigenvalue weighted by Crippen LogP contribution is 2.42. The highest BCUT2D eigenvalue weighted by Gasteiger charge is 2.42. The molecule has 130 valence electrons. The monoisotopic (exact) mass is 364 g/mol. The van der Waals surface area contributed by atoms with Crippen molar-refractivity contribution in [3.63, 3.8) is 0 Å². The van der Waals surface area contributed by atoms with Crippen molar-refractivity contribution in [2.24, 2.45) is 4.99 Å². The molecule has 4 heterocycles. The summed E-state index contributed by atoms with van der Waals surface area (Å²) >= 11 is 1.40. The number of benzene rings is 1. The number of thiazole rings is 1. The normalized spacial score (nSPS) is 24.0. The topological polar surface area (TPSA) is 56.7 Å². The van der Waals surface area contributed by atoms with Gasteiger partial charge in [-0.1, -0.05) is 35.6 Å². The van der Waals surface area contributed by atoms with Crippen LogP contribution in [0.25, 0.3) is 12.2 Å². The van der Waals surface area contributed by atoms with Gasteiger partial charge in [0.25, 0.3) is 5.56 Å². The van der Waals surface area contributed by atoms with Gasteiger partial charge in [0.1, 0.15) is 11.5 Å². The third kappa shape index (κ3) is 2.37. The Morgan fingerprint density at radius 3 is 3.04 bits per heavy atom. The maximum atomic E-state index is 13.0. The quantitative estimate of drug-likeness (QED) is 0.703. The SMILES string of the molecule is C[C@]12C[C@@H](c3ccccc3O1)n1c(s/c(=C\C=C\c3ccco3)c1=O)=N2. The van der Waals surface area contributed by atoms with Crippen molar-refractivity contribution in [3.05, 3.63) is 79.7 Å². The summed E-state index contributed by atoms with van der Waals surface area (Å²) in [5, 5.41) is 0. The number of furan rings is 1. The number of hydrogen-bond donors (Lipinski definition) is 0. The highest BCUT2D eigenvalue weighted by atomic mass is 32.1. The fourth-order valence-corrected chi connectivity index (χ4v) is 4.64. The van der Waals surface area contributed by atoms with E-state index in [0.717, 1.165) is 17.1 Å². The molecule has 0 radical (unpaired) electrons. The molecule has 5 rings (SSSR count). The second-order valence-electron chi connectivity index (χ2n) is 6.61. The molecule has 5 nitrogen and oxygen atoms in total. The predicted molar refractivity (Wildman–Crippen MR) is 99.8 cm³/mol. The van der Waals surface area contributed by atoms with Gasteiger partial charge in [-0.25, -0.2) is 4.99 Å². The first kappa shape index (κ1) is 15.4. The highest BCUT2D eigenvalue weighted by molar-refractivity contribution is 7.07. The van der Waals surface area contributed by atoms with Crippen molar-refractivity contribution < 1.29 is 9.15 Å². The van der Waals surface area contributed by atoms with E-state index in [1.54, 1.807) is 10.8 Å². The van der Waals surface area contributed by atoms with E-state index in [-0.39, 0.29) is 11.6 Å². The summed E-state index contributed by atoms with van der Waals surface area (Å²) in [5.74, 6) is 1.56. The van der Waals surface area contributed by atoms with E-state index >= 15 is 0 Å². The van der Waals surface area contributed by atoms with Crippen LogP contribution in [-0.4, -0.2) is 10.3 Å². The third-order valence-corrected chi connectivity index (χ3v) is 5.71. The number of ether oxygens (including phenoxy) is 1. The number of nitrogens with zero attached hydrogens (tertiary/aromatic N) is 2. The minimum Gasteiger partial charge on any atom is -0.466 e. The first-order valence-corrected chi connectivity index (χ1v) is 9.26. The molecule has 2 bridgehead atoms. The third-order valence-electron chi connectivity index (χ3n) is 4.71. The van der Waals surface area contributed by atoms with Crippen molar-refractivity contribution in [2.75, 3.05) is 0 Å². The Hall–Kier alpha value is -2.86. The molecular formula is C20H16N2O3S. The predicted octanol–water partition coefficient (Wildman–Crippen LogP) is 2.72. The molecule has 0 N–H and O–H groups in total. The molecule has 0 saturated heterocycles. The van der Waals surface area contributed by atoms with E-state index in [4.69, 9.17) is 14.1 Å². The van der Waals surface area contributed by atoms with E-state index in [2.05, 4.69) is 0 Å². The lowest BCUT2D eigenvalue weighted by atomic mass is 9.93. The number of fused-ring (bicyclic) bond motifs is 6. The Morgan fingerprint density at radius 1 is 1.31 bits per heavy atom. The van der Waals surface area contributed by atoms with Crippen LogP contribution in [0.5, 0.6) is 5.75 Å². The number of rotatable bonds is 2. The van der Waals surface area contributed by atoms with Gasteiger partial charge < -0.3 is 9.15 Å². The fraction of sp³-hybridized carbons (Fsp3) is 0.200. The molecule has 6 heteroatoms. The summed E-state index contributed by atoms with van der Waals surface area (Å²) in [6.07, 6.45) is 7.76. The molecule has 2 aliphatic heterocycles. The number of allylic oxidation sites excluding steroid dienone is 1. The van der Waals surface area contributed by atoms with Crippen molar-refractivity contribution >= 4 is 23.5 Å². The summed E-state index contributed by atoms with van der Waals surface area (Å²) in [6.45, 7) is 1.98. The number of aromatic nitrogens is 1. The first-order chi connectivity index (χ1) is 12.6. The van der Waals surface area contributed by atoms with Gasteiger partial charge in [0, 0.05) is 12.0 Å². The minimum atomic E-state index is -0.627. The van der Waals surface area contributed by atoms with Crippen molar-refractivity contribution in [3.8, 4) is 5.75 Å². The largest absolute Gasteiger partial charge is 0.466 e. The van der Waals surface area contributed by atoms with Crippen molar-refractivity contribution in [2.45, 2.75) is 25.1 Å². The molecule has 2 atom stereocenters. The number of para-hydroxylation sites is 1. The lowest BCUT2D eigenvalue weighted by molar-refractivity contribution is 0.0410. The van der Waals surface area contributed by atoms with Gasteiger partial charge in [-0.2, -0.15) is 0 Å². The maximum absolute atomic E-state index is 13.0. The van der Waals surface area contributed by atoms with Crippen LogP contribution in [0.2, 0.25) is 0 Å². The second kappa shape index (κ2) is 5.57. The molecule has 0 aliphatic carbocycles. The van der Waals surface area contributed by atoms with Crippen LogP contribution in [0.15, 0.2) is 62.9 Å². The average Bonchev–Trinajstić information content (AvgIpc) is 3.23. The van der Waals surface area contributed by atoms with Gasteiger partial charge in [-0.15, -0.1) is 0 Å². The Kier molecular flexibility index (Phi) is 3.30. The molecule has 0 spiro atoms. The van der Waals surface area contributed by atoms with Crippen LogP contribution >= 0.6 is 11.3 Å². The average molecular weight is 364 g/mol. The maximum Gasteiger partial charge on any atom is 0.270 e. The van der Waals surface area contributed by atoms with E-state index in [1.807, 2.05) is 61.5 Å². The van der Waals surface area contributed by atoms with Crippen LogP contribution in [0.1, 0.15) is 30.7 Å². The van der Waals surface area contributed by atoms with Gasteiger partial charge in [0.2, 0.25) is 5.72 Å². The van der Waals surface area contributed by atoms with Gasteiger partial charge in [-0.05, 0) is 37.3 Å². The first-order valence-electron chi connectivity index (χ1n) is 8.44. The molecule has 1 aromatic carbocycles. The Labute approximate surface area is 153 Å². The van der Waals surface area contributed by atoms with E-state index < -0.39 is 5.72 Å². The summed E-state index contributed by atoms with van der Waals surface area (Å²) in [5.41, 5.74) is 0.401. The van der Waals surface area contributed by atoms with Gasteiger partial charge >= 0.3 is 0 Å². The minimum absolute atomic E-state index is 0.0124. The second-order valence-corrected chi connectivity index (χ2v) is 7.62. The molecule has 3 aromatic rings. The van der Waals surface area contributed by atoms with Crippen LogP contribution in [0, 0.1) is 0 Å². The molecule has 0 unspecified atom stereocenters. The van der Waals surface area contributed by atoms with Crippen molar-refractivity contribution in [1.82, 2.24) is 4.57 Å². The van der Waals surface area contributed by atoms with Crippen LogP contribution in [-0.2, 0) is 0 Å². The van der Waals surface area contributed by atoms with E-state index in [1.165, 1.54) is 11.3 Å². The Morgan fingerprint density at radius 2 is 2.19 bits per heavy atom. The van der Waals surface area contributed by atoms with Gasteiger partial charge in [0.05, 0.1) is 16.8 Å². The molecule has 2 aromatic heterocycles. The van der Waals surface area contributed by atoms with Crippen LogP contribution < -0.4 is 19.6 Å². The van der Waals surface area contributed by atoms with Crippen molar-refractivity contribution in [1.29, 1.82) is 0 Å². The van der Waals surface area contributed by atoms with Crippen LogP contribution in [0.3, 0.4) is 0 Å². The van der Waals surface area contributed by atoms with Gasteiger partial charge in [-0.3, -0.25) is 9.36 Å².